The van der Waals surface area contributed by atoms with Crippen molar-refractivity contribution in [2.24, 2.45) is 7.05 Å². The first-order valence-corrected chi connectivity index (χ1v) is 13.8. The molecule has 0 fully saturated rings. The Morgan fingerprint density at radius 1 is 1.02 bits per heavy atom. The third-order valence-electron chi connectivity index (χ3n) is 7.54. The average Bonchev–Trinajstić information content (AvgIpc) is 3.14. The smallest absolute Gasteiger partial charge is 0.344 e. The van der Waals surface area contributed by atoms with Crippen LogP contribution in [-0.2, 0) is 23.7 Å². The Bertz CT molecular complexity index is 1560. The third-order valence-corrected chi connectivity index (χ3v) is 7.85. The monoisotopic (exact) mass is 560 g/mol. The maximum atomic E-state index is 13.2. The molecule has 0 saturated carbocycles. The van der Waals surface area contributed by atoms with E-state index in [-0.39, 0.29) is 17.4 Å². The minimum atomic E-state index is -1.06. The molecule has 7 heteroatoms. The molecule has 1 amide bonds. The standard InChI is InChI=1S/C33H37ClN2O4/c1-19(23-9-12-25(13-10-23)33(4,5)6)35-31(37)24-11-14-26-27(20(2)36(7)29(26)18-24)16-22-8-15-28(34)30(17-22)40-21(3)32(38)39/h8-15,17-19,21H,16H2,1-7H3,(H,35,37)(H,38,39)/t19-,21-/m0/s1. The highest BCUT2D eigenvalue weighted by Crippen LogP contribution is 2.32. The number of carboxylic acids is 1. The molecule has 1 aromatic heterocycles. The molecule has 2 atom stereocenters. The Morgan fingerprint density at radius 2 is 1.70 bits per heavy atom. The number of hydrogen-bond donors (Lipinski definition) is 2. The zero-order valence-corrected chi connectivity index (χ0v) is 24.9. The van der Waals surface area contributed by atoms with Gasteiger partial charge >= 0.3 is 5.97 Å². The van der Waals surface area contributed by atoms with Crippen molar-refractivity contribution < 1.29 is 19.4 Å². The van der Waals surface area contributed by atoms with Crippen LogP contribution in [0.1, 0.15) is 79.0 Å². The van der Waals surface area contributed by atoms with Gasteiger partial charge in [0.2, 0.25) is 0 Å². The van der Waals surface area contributed by atoms with Crippen LogP contribution in [0.5, 0.6) is 5.75 Å². The fourth-order valence-electron chi connectivity index (χ4n) is 4.83. The van der Waals surface area contributed by atoms with Gasteiger partial charge in [-0.3, -0.25) is 4.79 Å². The number of aryl methyl sites for hydroxylation is 1. The number of benzene rings is 3. The number of nitrogens with zero attached hydrogens (tertiary/aromatic N) is 1. The quantitative estimate of drug-likeness (QED) is 0.236. The Labute approximate surface area is 240 Å². The van der Waals surface area contributed by atoms with E-state index in [1.807, 2.05) is 38.2 Å². The van der Waals surface area contributed by atoms with Gasteiger partial charge in [0.05, 0.1) is 11.1 Å². The van der Waals surface area contributed by atoms with Crippen LogP contribution in [0.15, 0.2) is 60.7 Å². The van der Waals surface area contributed by atoms with E-state index in [9.17, 15) is 14.7 Å². The molecule has 6 nitrogen and oxygen atoms in total. The molecule has 40 heavy (non-hydrogen) atoms. The van der Waals surface area contributed by atoms with Crippen molar-refractivity contribution in [3.63, 3.8) is 0 Å². The summed E-state index contributed by atoms with van der Waals surface area (Å²) in [5.74, 6) is -0.839. The van der Waals surface area contributed by atoms with Gasteiger partial charge in [-0.1, -0.05) is 68.8 Å². The molecule has 4 aromatic rings. The number of carboxylic acid groups (broad SMARTS) is 1. The number of carbonyl (C=O) groups is 2. The number of amides is 1. The van der Waals surface area contributed by atoms with Crippen LogP contribution in [0.3, 0.4) is 0 Å². The predicted octanol–water partition coefficient (Wildman–Crippen LogP) is 7.37. The van der Waals surface area contributed by atoms with Crippen molar-refractivity contribution in [1.82, 2.24) is 9.88 Å². The van der Waals surface area contributed by atoms with Crippen molar-refractivity contribution in [3.8, 4) is 5.75 Å². The number of fused-ring (bicyclic) bond motifs is 1. The Hall–Kier alpha value is -3.77. The van der Waals surface area contributed by atoms with Crippen molar-refractivity contribution >= 4 is 34.4 Å². The van der Waals surface area contributed by atoms with Crippen LogP contribution in [0.2, 0.25) is 5.02 Å². The first-order valence-electron chi connectivity index (χ1n) is 13.4. The van der Waals surface area contributed by atoms with Gasteiger partial charge in [0.25, 0.3) is 5.91 Å². The predicted molar refractivity (Wildman–Crippen MR) is 161 cm³/mol. The highest BCUT2D eigenvalue weighted by atomic mass is 35.5. The highest BCUT2D eigenvalue weighted by molar-refractivity contribution is 6.32. The molecule has 0 bridgehead atoms. The van der Waals surface area contributed by atoms with Gasteiger partial charge in [-0.25, -0.2) is 4.79 Å². The van der Waals surface area contributed by atoms with Crippen molar-refractivity contribution in [3.05, 3.63) is 99.2 Å². The molecule has 0 radical (unpaired) electrons. The molecule has 0 saturated heterocycles. The second-order valence-corrected chi connectivity index (χ2v) is 11.9. The molecular weight excluding hydrogens is 524 g/mol. The average molecular weight is 561 g/mol. The molecule has 0 aliphatic carbocycles. The van der Waals surface area contributed by atoms with Crippen LogP contribution in [0.25, 0.3) is 10.9 Å². The topological polar surface area (TPSA) is 80.6 Å². The number of hydrogen-bond acceptors (Lipinski definition) is 3. The molecule has 0 spiro atoms. The summed E-state index contributed by atoms with van der Waals surface area (Å²) >= 11 is 6.27. The second kappa shape index (κ2) is 11.4. The second-order valence-electron chi connectivity index (χ2n) is 11.5. The van der Waals surface area contributed by atoms with E-state index in [0.29, 0.717) is 22.8 Å². The van der Waals surface area contributed by atoms with E-state index >= 15 is 0 Å². The van der Waals surface area contributed by atoms with Gasteiger partial charge in [-0.05, 0) is 79.1 Å². The maximum Gasteiger partial charge on any atom is 0.344 e. The Balaban J connectivity index is 1.56. The van der Waals surface area contributed by atoms with Crippen molar-refractivity contribution in [1.29, 1.82) is 0 Å². The number of carbonyl (C=O) groups excluding carboxylic acids is 1. The van der Waals surface area contributed by atoms with Crippen LogP contribution >= 0.6 is 11.6 Å². The number of aliphatic carboxylic acids is 1. The van der Waals surface area contributed by atoms with Gasteiger partial charge < -0.3 is 19.7 Å². The Morgan fingerprint density at radius 3 is 2.33 bits per heavy atom. The van der Waals surface area contributed by atoms with Crippen molar-refractivity contribution in [2.45, 2.75) is 65.5 Å². The summed E-state index contributed by atoms with van der Waals surface area (Å²) in [5.41, 5.74) is 7.11. The van der Waals surface area contributed by atoms with E-state index in [2.05, 4.69) is 61.8 Å². The van der Waals surface area contributed by atoms with Crippen LogP contribution in [-0.4, -0.2) is 27.7 Å². The SMILES string of the molecule is Cc1c(Cc2ccc(Cl)c(O[C@@H](C)C(=O)O)c2)c2ccc(C(=O)N[C@@H](C)c3ccc(C(C)(C)C)cc3)cc2n1C. The number of nitrogens with one attached hydrogen (secondary N) is 1. The molecule has 0 aliphatic heterocycles. The molecule has 2 N–H and O–H groups in total. The lowest BCUT2D eigenvalue weighted by Gasteiger charge is -2.20. The van der Waals surface area contributed by atoms with Gasteiger partial charge in [0.1, 0.15) is 5.75 Å². The molecule has 210 valence electrons. The summed E-state index contributed by atoms with van der Waals surface area (Å²) in [7, 11) is 1.99. The van der Waals surface area contributed by atoms with E-state index < -0.39 is 12.1 Å². The third kappa shape index (κ3) is 6.18. The first-order chi connectivity index (χ1) is 18.8. The Kier molecular flexibility index (Phi) is 8.31. The fourth-order valence-corrected chi connectivity index (χ4v) is 5.00. The summed E-state index contributed by atoms with van der Waals surface area (Å²) in [6.07, 6.45) is -0.409. The van der Waals surface area contributed by atoms with Crippen LogP contribution < -0.4 is 10.1 Å². The number of aromatic nitrogens is 1. The van der Waals surface area contributed by atoms with E-state index in [4.69, 9.17) is 16.3 Å². The van der Waals surface area contributed by atoms with E-state index in [1.54, 1.807) is 12.1 Å². The zero-order chi connectivity index (χ0) is 29.4. The zero-order valence-electron chi connectivity index (χ0n) is 24.1. The summed E-state index contributed by atoms with van der Waals surface area (Å²) in [5, 5.41) is 13.8. The van der Waals surface area contributed by atoms with Gasteiger partial charge in [-0.2, -0.15) is 0 Å². The minimum absolute atomic E-state index is 0.0784. The maximum absolute atomic E-state index is 13.2. The first kappa shape index (κ1) is 29.2. The van der Waals surface area contributed by atoms with Gasteiger partial charge in [0.15, 0.2) is 6.10 Å². The molecule has 4 rings (SSSR count). The van der Waals surface area contributed by atoms with Crippen LogP contribution in [0.4, 0.5) is 0 Å². The molecule has 0 unspecified atom stereocenters. The summed E-state index contributed by atoms with van der Waals surface area (Å²) < 4.78 is 7.65. The molecule has 3 aromatic carbocycles. The van der Waals surface area contributed by atoms with Gasteiger partial charge in [0, 0.05) is 29.2 Å². The molecule has 1 heterocycles. The molecule has 0 aliphatic rings. The lowest BCUT2D eigenvalue weighted by atomic mass is 9.86. The lowest BCUT2D eigenvalue weighted by molar-refractivity contribution is -0.144. The fraction of sp³-hybridized carbons (Fsp3) is 0.333. The van der Waals surface area contributed by atoms with Crippen LogP contribution in [0, 0.1) is 6.92 Å². The molecular formula is C33H37ClN2O4. The summed E-state index contributed by atoms with van der Waals surface area (Å²) in [4.78, 5) is 24.4. The number of halogens is 1. The summed E-state index contributed by atoms with van der Waals surface area (Å²) in [6.45, 7) is 12.1. The van der Waals surface area contributed by atoms with Gasteiger partial charge in [-0.15, -0.1) is 0 Å². The minimum Gasteiger partial charge on any atom is -0.479 e. The number of ether oxygens (including phenoxy) is 1. The largest absolute Gasteiger partial charge is 0.479 e. The number of rotatable bonds is 8. The normalized spacial score (nSPS) is 13.2. The van der Waals surface area contributed by atoms with E-state index in [0.717, 1.165) is 33.3 Å². The summed E-state index contributed by atoms with van der Waals surface area (Å²) in [6, 6.07) is 19.5. The van der Waals surface area contributed by atoms with E-state index in [1.165, 1.54) is 12.5 Å². The lowest BCUT2D eigenvalue weighted by Crippen LogP contribution is -2.26. The highest BCUT2D eigenvalue weighted by Gasteiger charge is 2.19. The van der Waals surface area contributed by atoms with Crippen molar-refractivity contribution in [2.75, 3.05) is 0 Å².